The fraction of sp³-hybridized carbons (Fsp3) is 0.296. The summed E-state index contributed by atoms with van der Waals surface area (Å²) in [6.07, 6.45) is 7.66. The van der Waals surface area contributed by atoms with E-state index in [0.717, 1.165) is 30.4 Å². The van der Waals surface area contributed by atoms with Crippen molar-refractivity contribution < 1.29 is 0 Å². The van der Waals surface area contributed by atoms with Crippen molar-refractivity contribution >= 4 is 11.5 Å². The second-order valence-corrected chi connectivity index (χ2v) is 8.66. The normalized spacial score (nSPS) is 13.2. The quantitative estimate of drug-likeness (QED) is 0.500. The minimum Gasteiger partial charge on any atom is -0.383 e. The molecule has 0 amide bonds. The first kappa shape index (κ1) is 23.1. The Morgan fingerprint density at radius 1 is 1.06 bits per heavy atom. The van der Waals surface area contributed by atoms with Gasteiger partial charge in [0.25, 0.3) is 5.56 Å². The first-order valence-electron chi connectivity index (χ1n) is 11.6. The Labute approximate surface area is 198 Å². The van der Waals surface area contributed by atoms with Gasteiger partial charge in [0.1, 0.15) is 11.5 Å². The standard InChI is InChI=1S/C27H29N5O2/c28-17-22-12-7-13-23(16-22)18-31(15-14-20-8-3-1-4-9-20)24-25(29)32(27(34)30-26(24)33)19-21-10-5-2-6-11-21/h2,5-8,10-13,16H,1,3-4,9,14-15,18-19,29H2,(H,30,33,34). The van der Waals surface area contributed by atoms with Gasteiger partial charge in [0.2, 0.25) is 0 Å². The predicted octanol–water partition coefficient (Wildman–Crippen LogP) is 3.94. The minimum atomic E-state index is -0.531. The van der Waals surface area contributed by atoms with Crippen molar-refractivity contribution in [3.63, 3.8) is 0 Å². The molecule has 3 N–H and O–H groups in total. The molecule has 0 radical (unpaired) electrons. The van der Waals surface area contributed by atoms with E-state index in [9.17, 15) is 14.9 Å². The van der Waals surface area contributed by atoms with E-state index in [4.69, 9.17) is 5.73 Å². The van der Waals surface area contributed by atoms with Crippen LogP contribution in [0.2, 0.25) is 0 Å². The Hall–Kier alpha value is -4.05. The molecule has 0 fully saturated rings. The molecule has 0 saturated carbocycles. The molecule has 0 saturated heterocycles. The fourth-order valence-corrected chi connectivity index (χ4v) is 4.45. The number of H-pyrrole nitrogens is 1. The van der Waals surface area contributed by atoms with E-state index in [1.807, 2.05) is 53.4 Å². The van der Waals surface area contributed by atoms with Gasteiger partial charge in [-0.25, -0.2) is 4.79 Å². The number of anilines is 2. The monoisotopic (exact) mass is 455 g/mol. The Bertz CT molecular complexity index is 1330. The molecule has 174 valence electrons. The maximum Gasteiger partial charge on any atom is 0.330 e. The number of rotatable bonds is 8. The molecule has 1 aliphatic rings. The summed E-state index contributed by atoms with van der Waals surface area (Å²) in [5.74, 6) is 0.145. The highest BCUT2D eigenvalue weighted by Gasteiger charge is 2.20. The topological polar surface area (TPSA) is 108 Å². The van der Waals surface area contributed by atoms with E-state index in [1.165, 1.54) is 23.0 Å². The van der Waals surface area contributed by atoms with E-state index in [0.29, 0.717) is 18.7 Å². The Morgan fingerprint density at radius 2 is 1.85 bits per heavy atom. The molecule has 0 atom stereocenters. The molecule has 0 unspecified atom stereocenters. The smallest absolute Gasteiger partial charge is 0.330 e. The second kappa shape index (κ2) is 10.7. The average Bonchev–Trinajstić information content (AvgIpc) is 2.86. The van der Waals surface area contributed by atoms with E-state index >= 15 is 0 Å². The highest BCUT2D eigenvalue weighted by atomic mass is 16.2. The number of allylic oxidation sites excluding steroid dienone is 1. The van der Waals surface area contributed by atoms with Crippen molar-refractivity contribution in [3.8, 4) is 6.07 Å². The van der Waals surface area contributed by atoms with Gasteiger partial charge in [0, 0.05) is 13.1 Å². The van der Waals surface area contributed by atoms with Crippen LogP contribution in [0.5, 0.6) is 0 Å². The Morgan fingerprint density at radius 3 is 2.59 bits per heavy atom. The number of benzene rings is 2. The van der Waals surface area contributed by atoms with Gasteiger partial charge in [-0.05, 0) is 55.4 Å². The fourth-order valence-electron chi connectivity index (χ4n) is 4.45. The van der Waals surface area contributed by atoms with E-state index in [-0.39, 0.29) is 18.1 Å². The van der Waals surface area contributed by atoms with E-state index in [1.54, 1.807) is 6.07 Å². The van der Waals surface area contributed by atoms with Crippen LogP contribution in [-0.4, -0.2) is 16.1 Å². The highest BCUT2D eigenvalue weighted by molar-refractivity contribution is 5.63. The molecule has 1 heterocycles. The molecule has 7 nitrogen and oxygen atoms in total. The highest BCUT2D eigenvalue weighted by Crippen LogP contribution is 2.25. The SMILES string of the molecule is N#Cc1cccc(CN(CCC2=CCCCC2)c2c(N)n(Cc3ccccc3)c(=O)[nH]c2=O)c1. The molecular formula is C27H29N5O2. The predicted molar refractivity (Wildman–Crippen MR) is 135 cm³/mol. The summed E-state index contributed by atoms with van der Waals surface area (Å²) in [5.41, 5.74) is 9.50. The lowest BCUT2D eigenvalue weighted by molar-refractivity contribution is 0.658. The molecule has 1 aliphatic carbocycles. The van der Waals surface area contributed by atoms with Crippen LogP contribution in [0.15, 0.2) is 75.8 Å². The van der Waals surface area contributed by atoms with Gasteiger partial charge in [0.05, 0.1) is 18.2 Å². The van der Waals surface area contributed by atoms with Gasteiger partial charge in [-0.2, -0.15) is 5.26 Å². The van der Waals surface area contributed by atoms with Crippen molar-refractivity contribution in [1.82, 2.24) is 9.55 Å². The second-order valence-electron chi connectivity index (χ2n) is 8.66. The molecule has 34 heavy (non-hydrogen) atoms. The zero-order chi connectivity index (χ0) is 23.9. The van der Waals surface area contributed by atoms with Crippen molar-refractivity contribution in [2.24, 2.45) is 0 Å². The summed E-state index contributed by atoms with van der Waals surface area (Å²) in [5, 5.41) is 9.30. The number of aromatic nitrogens is 2. The summed E-state index contributed by atoms with van der Waals surface area (Å²) >= 11 is 0. The molecule has 0 aliphatic heterocycles. The summed E-state index contributed by atoms with van der Waals surface area (Å²) in [6.45, 7) is 1.25. The first-order valence-corrected chi connectivity index (χ1v) is 11.6. The largest absolute Gasteiger partial charge is 0.383 e. The van der Waals surface area contributed by atoms with Crippen LogP contribution in [0.4, 0.5) is 11.5 Å². The summed E-state index contributed by atoms with van der Waals surface area (Å²) in [6, 6.07) is 19.0. The average molecular weight is 456 g/mol. The van der Waals surface area contributed by atoms with Crippen LogP contribution >= 0.6 is 0 Å². The van der Waals surface area contributed by atoms with Crippen molar-refractivity contribution in [2.45, 2.75) is 45.2 Å². The van der Waals surface area contributed by atoms with Gasteiger partial charge in [-0.15, -0.1) is 0 Å². The Kier molecular flexibility index (Phi) is 7.28. The van der Waals surface area contributed by atoms with Crippen molar-refractivity contribution in [3.05, 3.63) is 104 Å². The van der Waals surface area contributed by atoms with Gasteiger partial charge < -0.3 is 10.6 Å². The maximum atomic E-state index is 13.0. The summed E-state index contributed by atoms with van der Waals surface area (Å²) < 4.78 is 1.41. The molecule has 2 aromatic carbocycles. The maximum absolute atomic E-state index is 13.0. The van der Waals surface area contributed by atoms with E-state index in [2.05, 4.69) is 17.1 Å². The first-order chi connectivity index (χ1) is 16.5. The molecular weight excluding hydrogens is 426 g/mol. The third kappa shape index (κ3) is 5.46. The number of aromatic amines is 1. The number of nitrogens with two attached hydrogens (primary N) is 1. The number of nitrogens with zero attached hydrogens (tertiary/aromatic N) is 3. The van der Waals surface area contributed by atoms with Gasteiger partial charge in [-0.3, -0.25) is 14.3 Å². The minimum absolute atomic E-state index is 0.145. The molecule has 0 spiro atoms. The summed E-state index contributed by atoms with van der Waals surface area (Å²) in [7, 11) is 0. The lowest BCUT2D eigenvalue weighted by Gasteiger charge is -2.27. The lowest BCUT2D eigenvalue weighted by atomic mass is 9.97. The summed E-state index contributed by atoms with van der Waals surface area (Å²) in [4.78, 5) is 30.1. The number of nitriles is 1. The zero-order valence-electron chi connectivity index (χ0n) is 19.2. The number of hydrogen-bond acceptors (Lipinski definition) is 5. The number of nitrogens with one attached hydrogen (secondary N) is 1. The molecule has 4 rings (SSSR count). The third-order valence-corrected chi connectivity index (χ3v) is 6.23. The van der Waals surface area contributed by atoms with Crippen LogP contribution in [0.3, 0.4) is 0 Å². The van der Waals surface area contributed by atoms with Crippen LogP contribution in [-0.2, 0) is 13.1 Å². The van der Waals surface area contributed by atoms with Crippen LogP contribution in [0.25, 0.3) is 0 Å². The molecule has 3 aromatic rings. The Balaban J connectivity index is 1.72. The van der Waals surface area contributed by atoms with Gasteiger partial charge in [-0.1, -0.05) is 54.1 Å². The van der Waals surface area contributed by atoms with Crippen molar-refractivity contribution in [2.75, 3.05) is 17.2 Å². The third-order valence-electron chi connectivity index (χ3n) is 6.23. The number of hydrogen-bond donors (Lipinski definition) is 2. The molecule has 0 bridgehead atoms. The van der Waals surface area contributed by atoms with Crippen LogP contribution < -0.4 is 21.9 Å². The van der Waals surface area contributed by atoms with E-state index < -0.39 is 11.2 Å². The zero-order valence-corrected chi connectivity index (χ0v) is 19.2. The van der Waals surface area contributed by atoms with Crippen molar-refractivity contribution in [1.29, 1.82) is 5.26 Å². The van der Waals surface area contributed by atoms with Gasteiger partial charge >= 0.3 is 5.69 Å². The molecule has 1 aromatic heterocycles. The molecule has 7 heteroatoms. The van der Waals surface area contributed by atoms with Gasteiger partial charge in [0.15, 0.2) is 0 Å². The van der Waals surface area contributed by atoms with Crippen LogP contribution in [0.1, 0.15) is 48.8 Å². The van der Waals surface area contributed by atoms with Crippen LogP contribution in [0, 0.1) is 11.3 Å². The number of nitrogen functional groups attached to an aromatic ring is 1. The lowest BCUT2D eigenvalue weighted by Crippen LogP contribution is -2.39.